The lowest BCUT2D eigenvalue weighted by atomic mass is 10.1. The monoisotopic (exact) mass is 448 g/mol. The van der Waals surface area contributed by atoms with Gasteiger partial charge in [0.05, 0.1) is 11.1 Å². The van der Waals surface area contributed by atoms with E-state index in [0.717, 1.165) is 12.8 Å². The summed E-state index contributed by atoms with van der Waals surface area (Å²) in [6.45, 7) is 2.35. The Morgan fingerprint density at radius 1 is 0.969 bits per heavy atom. The van der Waals surface area contributed by atoms with Crippen LogP contribution in [0.1, 0.15) is 61.2 Å². The molecule has 8 nitrogen and oxygen atoms in total. The first-order chi connectivity index (χ1) is 15.5. The number of carbonyl (C=O) groups is 4. The van der Waals surface area contributed by atoms with Crippen molar-refractivity contribution in [1.82, 2.24) is 9.88 Å². The summed E-state index contributed by atoms with van der Waals surface area (Å²) in [5.74, 6) is -1.50. The molecule has 2 aromatic carbocycles. The van der Waals surface area contributed by atoms with Gasteiger partial charge in [0.25, 0.3) is 23.6 Å². The largest absolute Gasteiger partial charge is 0.322 e. The van der Waals surface area contributed by atoms with Gasteiger partial charge in [-0.25, -0.2) is 4.98 Å². The lowest BCUT2D eigenvalue weighted by molar-refractivity contribution is 0.0652. The van der Waals surface area contributed by atoms with Gasteiger partial charge in [-0.2, -0.15) is 0 Å². The van der Waals surface area contributed by atoms with Crippen molar-refractivity contribution in [3.8, 4) is 0 Å². The van der Waals surface area contributed by atoms with E-state index in [1.54, 1.807) is 35.8 Å². The molecule has 0 bridgehead atoms. The van der Waals surface area contributed by atoms with Crippen LogP contribution in [0.5, 0.6) is 0 Å². The van der Waals surface area contributed by atoms with Crippen molar-refractivity contribution in [3.63, 3.8) is 0 Å². The van der Waals surface area contributed by atoms with E-state index in [9.17, 15) is 19.2 Å². The Labute approximate surface area is 188 Å². The number of imide groups is 1. The fourth-order valence-corrected chi connectivity index (χ4v) is 3.87. The van der Waals surface area contributed by atoms with Gasteiger partial charge >= 0.3 is 0 Å². The molecule has 0 saturated carbocycles. The van der Waals surface area contributed by atoms with Crippen LogP contribution in [0.2, 0.25) is 0 Å². The average Bonchev–Trinajstić information content (AvgIpc) is 3.39. The molecule has 0 saturated heterocycles. The highest BCUT2D eigenvalue weighted by atomic mass is 32.1. The summed E-state index contributed by atoms with van der Waals surface area (Å²) in [5, 5.41) is 7.66. The summed E-state index contributed by atoms with van der Waals surface area (Å²) in [6, 6.07) is 11.0. The molecule has 162 valence electrons. The molecular formula is C23H20N4O4S. The highest BCUT2D eigenvalue weighted by molar-refractivity contribution is 7.13. The summed E-state index contributed by atoms with van der Waals surface area (Å²) >= 11 is 1.30. The zero-order chi connectivity index (χ0) is 22.7. The number of rotatable bonds is 7. The first-order valence-corrected chi connectivity index (χ1v) is 11.0. The quantitative estimate of drug-likeness (QED) is 0.530. The van der Waals surface area contributed by atoms with Crippen LogP contribution >= 0.6 is 11.3 Å². The molecule has 0 spiro atoms. The number of carbonyl (C=O) groups excluding carboxylic acids is 4. The summed E-state index contributed by atoms with van der Waals surface area (Å²) in [7, 11) is 0. The predicted molar refractivity (Wildman–Crippen MR) is 121 cm³/mol. The Bertz CT molecular complexity index is 1210. The maximum Gasteiger partial charge on any atom is 0.261 e. The predicted octanol–water partition coefficient (Wildman–Crippen LogP) is 4.04. The summed E-state index contributed by atoms with van der Waals surface area (Å²) in [6.07, 6.45) is 3.18. The second-order valence-corrected chi connectivity index (χ2v) is 8.10. The molecule has 0 aliphatic carbocycles. The van der Waals surface area contributed by atoms with Crippen LogP contribution in [0.4, 0.5) is 10.8 Å². The molecule has 0 unspecified atom stereocenters. The van der Waals surface area contributed by atoms with E-state index < -0.39 is 5.91 Å². The fraction of sp³-hybridized carbons (Fsp3) is 0.174. The average molecular weight is 449 g/mol. The van der Waals surface area contributed by atoms with Gasteiger partial charge in [0.15, 0.2) is 5.13 Å². The van der Waals surface area contributed by atoms with Gasteiger partial charge in [-0.05, 0) is 42.8 Å². The molecule has 32 heavy (non-hydrogen) atoms. The van der Waals surface area contributed by atoms with Crippen LogP contribution in [0, 0.1) is 0 Å². The number of aromatic nitrogens is 1. The maximum atomic E-state index is 12.8. The zero-order valence-corrected chi connectivity index (χ0v) is 18.1. The first-order valence-electron chi connectivity index (χ1n) is 10.1. The minimum Gasteiger partial charge on any atom is -0.322 e. The molecule has 0 fully saturated rings. The van der Waals surface area contributed by atoms with Crippen molar-refractivity contribution in [2.45, 2.75) is 19.8 Å². The standard InChI is InChI=1S/C23H20N4O4S/c1-2-3-10-27-21(30)17-8-7-15(13-18(17)22(27)31)19(28)25-16-6-4-5-14(12-16)20(29)26-23-24-9-11-32-23/h4-9,11-13H,2-3,10H2,1H3,(H,25,28)(H,24,26,29). The lowest BCUT2D eigenvalue weighted by Crippen LogP contribution is -2.30. The summed E-state index contributed by atoms with van der Waals surface area (Å²) < 4.78 is 0. The van der Waals surface area contributed by atoms with Gasteiger partial charge in [-0.15, -0.1) is 11.3 Å². The van der Waals surface area contributed by atoms with Crippen LogP contribution in [-0.4, -0.2) is 40.1 Å². The number of hydrogen-bond donors (Lipinski definition) is 2. The number of nitrogens with zero attached hydrogens (tertiary/aromatic N) is 2. The highest BCUT2D eigenvalue weighted by Gasteiger charge is 2.35. The van der Waals surface area contributed by atoms with Gasteiger partial charge in [0, 0.05) is 34.9 Å². The van der Waals surface area contributed by atoms with E-state index in [-0.39, 0.29) is 28.8 Å². The number of benzene rings is 2. The van der Waals surface area contributed by atoms with E-state index in [1.165, 1.54) is 34.4 Å². The van der Waals surface area contributed by atoms with Crippen molar-refractivity contribution in [2.24, 2.45) is 0 Å². The van der Waals surface area contributed by atoms with Crippen LogP contribution in [-0.2, 0) is 0 Å². The molecule has 0 radical (unpaired) electrons. The number of unbranched alkanes of at least 4 members (excludes halogenated alkanes) is 1. The summed E-state index contributed by atoms with van der Waals surface area (Å²) in [5.41, 5.74) is 1.58. The molecule has 1 aliphatic heterocycles. The van der Waals surface area contributed by atoms with Crippen molar-refractivity contribution in [1.29, 1.82) is 0 Å². The third kappa shape index (κ3) is 4.28. The number of nitrogens with one attached hydrogen (secondary N) is 2. The molecule has 1 aliphatic rings. The molecule has 3 aromatic rings. The number of hydrogen-bond acceptors (Lipinski definition) is 6. The molecular weight excluding hydrogens is 428 g/mol. The fourth-order valence-electron chi connectivity index (χ4n) is 3.35. The van der Waals surface area contributed by atoms with E-state index in [2.05, 4.69) is 15.6 Å². The normalized spacial score (nSPS) is 12.6. The molecule has 2 N–H and O–H groups in total. The van der Waals surface area contributed by atoms with Gasteiger partial charge in [0.1, 0.15) is 0 Å². The zero-order valence-electron chi connectivity index (χ0n) is 17.3. The highest BCUT2D eigenvalue weighted by Crippen LogP contribution is 2.25. The molecule has 9 heteroatoms. The Hall–Kier alpha value is -3.85. The Balaban J connectivity index is 1.49. The molecule has 4 amide bonds. The van der Waals surface area contributed by atoms with E-state index in [4.69, 9.17) is 0 Å². The first kappa shape index (κ1) is 21.4. The minimum atomic E-state index is -0.447. The minimum absolute atomic E-state index is 0.232. The SMILES string of the molecule is CCCCN1C(=O)c2ccc(C(=O)Nc3cccc(C(=O)Nc4nccs4)c3)cc2C1=O. The van der Waals surface area contributed by atoms with Crippen molar-refractivity contribution >= 4 is 45.8 Å². The van der Waals surface area contributed by atoms with Crippen molar-refractivity contribution < 1.29 is 19.2 Å². The third-order valence-corrected chi connectivity index (χ3v) is 5.69. The lowest BCUT2D eigenvalue weighted by Gasteiger charge is -2.12. The Kier molecular flexibility index (Phi) is 6.09. The van der Waals surface area contributed by atoms with Crippen LogP contribution in [0.25, 0.3) is 0 Å². The number of amides is 4. The maximum absolute atomic E-state index is 12.8. The molecule has 2 heterocycles. The second kappa shape index (κ2) is 9.11. The smallest absolute Gasteiger partial charge is 0.261 e. The van der Waals surface area contributed by atoms with E-state index in [0.29, 0.717) is 28.5 Å². The van der Waals surface area contributed by atoms with Gasteiger partial charge in [-0.1, -0.05) is 19.4 Å². The number of anilines is 2. The van der Waals surface area contributed by atoms with Crippen LogP contribution in [0.3, 0.4) is 0 Å². The van der Waals surface area contributed by atoms with Crippen molar-refractivity contribution in [3.05, 3.63) is 76.3 Å². The third-order valence-electron chi connectivity index (χ3n) is 5.00. The van der Waals surface area contributed by atoms with Gasteiger partial charge in [-0.3, -0.25) is 29.4 Å². The topological polar surface area (TPSA) is 108 Å². The van der Waals surface area contributed by atoms with Crippen molar-refractivity contribution in [2.75, 3.05) is 17.2 Å². The van der Waals surface area contributed by atoms with E-state index in [1.807, 2.05) is 6.92 Å². The summed E-state index contributed by atoms with van der Waals surface area (Å²) in [4.78, 5) is 55.5. The second-order valence-electron chi connectivity index (χ2n) is 7.20. The van der Waals surface area contributed by atoms with Crippen LogP contribution < -0.4 is 10.6 Å². The van der Waals surface area contributed by atoms with Gasteiger partial charge in [0.2, 0.25) is 0 Å². The Morgan fingerprint density at radius 2 is 1.72 bits per heavy atom. The van der Waals surface area contributed by atoms with E-state index >= 15 is 0 Å². The van der Waals surface area contributed by atoms with Gasteiger partial charge < -0.3 is 5.32 Å². The Morgan fingerprint density at radius 3 is 2.47 bits per heavy atom. The molecule has 1 aromatic heterocycles. The number of fused-ring (bicyclic) bond motifs is 1. The number of thiazole rings is 1. The molecule has 0 atom stereocenters. The molecule has 4 rings (SSSR count). The van der Waals surface area contributed by atoms with Crippen LogP contribution in [0.15, 0.2) is 54.0 Å².